The van der Waals surface area contributed by atoms with Gasteiger partial charge in [-0.2, -0.15) is 23.4 Å². The number of pyridine rings is 2. The van der Waals surface area contributed by atoms with Crippen LogP contribution in [0.2, 0.25) is 0 Å². The van der Waals surface area contributed by atoms with E-state index in [0.717, 1.165) is 6.20 Å². The fraction of sp³-hybridized carbons (Fsp3) is 0.160. The molecule has 0 saturated carbocycles. The summed E-state index contributed by atoms with van der Waals surface area (Å²) in [4.78, 5) is 13.7. The number of nitrogens with two attached hydrogens (primary N) is 1. The molecule has 3 heterocycles. The van der Waals surface area contributed by atoms with Gasteiger partial charge >= 0.3 is 6.18 Å². The minimum atomic E-state index is -4.87. The van der Waals surface area contributed by atoms with Crippen LogP contribution in [0.5, 0.6) is 0 Å². The van der Waals surface area contributed by atoms with Crippen LogP contribution in [-0.2, 0) is 0 Å². The Labute approximate surface area is 209 Å². The Morgan fingerprint density at radius 1 is 1.16 bits per heavy atom. The SMILES string of the molecule is C=C(Nc1cnc(-n2nccn2)c(C)c1)C(=CN)C(=Nc1cnc(C(C)O)c2ccccc12)C(F)(F)F. The number of aromatic nitrogens is 5. The molecule has 0 bridgehead atoms. The van der Waals surface area contributed by atoms with Crippen LogP contribution < -0.4 is 11.1 Å². The molecule has 0 saturated heterocycles. The van der Waals surface area contributed by atoms with Gasteiger partial charge in [0.1, 0.15) is 0 Å². The van der Waals surface area contributed by atoms with Gasteiger partial charge in [-0.25, -0.2) is 9.98 Å². The van der Waals surface area contributed by atoms with E-state index in [2.05, 4.69) is 37.1 Å². The van der Waals surface area contributed by atoms with E-state index >= 15 is 0 Å². The molecule has 0 aliphatic rings. The summed E-state index contributed by atoms with van der Waals surface area (Å²) >= 11 is 0. The first kappa shape index (κ1) is 25.5. The molecule has 0 aliphatic carbocycles. The van der Waals surface area contributed by atoms with Crippen LogP contribution in [0.1, 0.15) is 24.3 Å². The van der Waals surface area contributed by atoms with Crippen LogP contribution in [0.3, 0.4) is 0 Å². The lowest BCUT2D eigenvalue weighted by molar-refractivity contribution is -0.0580. The van der Waals surface area contributed by atoms with E-state index in [9.17, 15) is 18.3 Å². The van der Waals surface area contributed by atoms with Crippen molar-refractivity contribution in [1.82, 2.24) is 25.0 Å². The number of benzene rings is 1. The molecular formula is C25H23F3N8O. The monoisotopic (exact) mass is 508 g/mol. The van der Waals surface area contributed by atoms with Gasteiger partial charge in [0.15, 0.2) is 11.5 Å². The van der Waals surface area contributed by atoms with Gasteiger partial charge in [-0.3, -0.25) is 4.98 Å². The molecule has 4 aromatic rings. The second-order valence-electron chi connectivity index (χ2n) is 8.08. The van der Waals surface area contributed by atoms with Crippen molar-refractivity contribution >= 4 is 27.9 Å². The van der Waals surface area contributed by atoms with Gasteiger partial charge in [-0.1, -0.05) is 30.8 Å². The Balaban J connectivity index is 1.71. The maximum absolute atomic E-state index is 14.2. The quantitative estimate of drug-likeness (QED) is 0.244. The highest BCUT2D eigenvalue weighted by Crippen LogP contribution is 2.34. The van der Waals surface area contributed by atoms with Gasteiger partial charge < -0.3 is 16.2 Å². The molecule has 1 aromatic carbocycles. The van der Waals surface area contributed by atoms with E-state index in [1.165, 1.54) is 36.5 Å². The first-order valence-corrected chi connectivity index (χ1v) is 11.0. The average molecular weight is 509 g/mol. The molecule has 37 heavy (non-hydrogen) atoms. The van der Waals surface area contributed by atoms with E-state index in [0.29, 0.717) is 33.5 Å². The summed E-state index contributed by atoms with van der Waals surface area (Å²) in [5, 5.41) is 21.8. The Kier molecular flexibility index (Phi) is 7.02. The van der Waals surface area contributed by atoms with Crippen LogP contribution in [0.15, 0.2) is 84.2 Å². The number of aliphatic hydroxyl groups excluding tert-OH is 1. The average Bonchev–Trinajstić information content (AvgIpc) is 3.38. The second kappa shape index (κ2) is 10.2. The fourth-order valence-electron chi connectivity index (χ4n) is 3.75. The number of rotatable bonds is 7. The number of alkyl halides is 3. The van der Waals surface area contributed by atoms with Crippen molar-refractivity contribution < 1.29 is 18.3 Å². The van der Waals surface area contributed by atoms with Crippen molar-refractivity contribution in [3.8, 4) is 5.82 Å². The maximum atomic E-state index is 14.2. The van der Waals surface area contributed by atoms with Gasteiger partial charge in [0.2, 0.25) is 0 Å². The molecule has 1 atom stereocenters. The van der Waals surface area contributed by atoms with Gasteiger partial charge in [0.05, 0.1) is 48.0 Å². The van der Waals surface area contributed by atoms with E-state index < -0.39 is 23.6 Å². The lowest BCUT2D eigenvalue weighted by Gasteiger charge is -2.18. The minimum absolute atomic E-state index is 0.0342. The maximum Gasteiger partial charge on any atom is 0.434 e. The van der Waals surface area contributed by atoms with Crippen molar-refractivity contribution in [2.75, 3.05) is 5.32 Å². The number of aliphatic hydroxyl groups is 1. The third-order valence-electron chi connectivity index (χ3n) is 5.40. The van der Waals surface area contributed by atoms with Gasteiger partial charge in [0, 0.05) is 28.2 Å². The predicted molar refractivity (Wildman–Crippen MR) is 134 cm³/mol. The molecule has 9 nitrogen and oxygen atoms in total. The molecule has 0 aliphatic heterocycles. The molecule has 0 amide bonds. The zero-order valence-electron chi connectivity index (χ0n) is 19.9. The number of aliphatic imine (C=N–C) groups is 1. The summed E-state index contributed by atoms with van der Waals surface area (Å²) in [6.45, 7) is 7.04. The van der Waals surface area contributed by atoms with Crippen molar-refractivity contribution in [2.24, 2.45) is 10.7 Å². The molecule has 0 radical (unpaired) electrons. The molecule has 12 heteroatoms. The predicted octanol–water partition coefficient (Wildman–Crippen LogP) is 4.68. The summed E-state index contributed by atoms with van der Waals surface area (Å²) in [6, 6.07) is 8.31. The van der Waals surface area contributed by atoms with E-state index in [1.807, 2.05) is 0 Å². The largest absolute Gasteiger partial charge is 0.434 e. The first-order valence-electron chi connectivity index (χ1n) is 11.0. The Hall–Kier alpha value is -4.58. The number of hydrogen-bond donors (Lipinski definition) is 3. The number of nitrogens with one attached hydrogen (secondary N) is 1. The Morgan fingerprint density at radius 3 is 2.43 bits per heavy atom. The summed E-state index contributed by atoms with van der Waals surface area (Å²) in [6.07, 6.45) is 0.621. The van der Waals surface area contributed by atoms with E-state index in [1.54, 1.807) is 37.3 Å². The number of hydrogen-bond acceptors (Lipinski definition) is 8. The summed E-state index contributed by atoms with van der Waals surface area (Å²) in [7, 11) is 0. The molecule has 4 N–H and O–H groups in total. The topological polar surface area (TPSA) is 127 Å². The number of fused-ring (bicyclic) bond motifs is 1. The molecule has 4 rings (SSSR count). The highest BCUT2D eigenvalue weighted by atomic mass is 19.4. The van der Waals surface area contributed by atoms with Crippen molar-refractivity contribution in [1.29, 1.82) is 0 Å². The van der Waals surface area contributed by atoms with E-state index in [-0.39, 0.29) is 11.4 Å². The number of halogens is 3. The molecule has 1 unspecified atom stereocenters. The number of nitrogens with zero attached hydrogens (tertiary/aromatic N) is 6. The normalized spacial score (nSPS) is 13.6. The third-order valence-corrected chi connectivity index (χ3v) is 5.40. The van der Waals surface area contributed by atoms with Gasteiger partial charge in [0.25, 0.3) is 0 Å². The minimum Gasteiger partial charge on any atom is -0.404 e. The van der Waals surface area contributed by atoms with Crippen LogP contribution in [-0.4, -0.2) is 42.0 Å². The standard InChI is InChI=1S/C25H23F3N8O/c1-14-10-17(12-31-24(14)36-32-8-9-33-36)34-15(2)20(11-29)23(25(26,27)28)35-21-13-30-22(16(3)37)19-7-5-4-6-18(19)21/h4-13,16,34,37H,2,29H2,1,3H3. The van der Waals surface area contributed by atoms with Crippen LogP contribution in [0, 0.1) is 6.92 Å². The van der Waals surface area contributed by atoms with E-state index in [4.69, 9.17) is 5.73 Å². The molecule has 0 fully saturated rings. The highest BCUT2D eigenvalue weighted by molar-refractivity contribution is 6.10. The first-order chi connectivity index (χ1) is 17.6. The van der Waals surface area contributed by atoms with Gasteiger partial charge in [-0.05, 0) is 25.5 Å². The Bertz CT molecular complexity index is 1510. The number of allylic oxidation sites excluding steroid dienone is 1. The molecular weight excluding hydrogens is 485 g/mol. The zero-order valence-corrected chi connectivity index (χ0v) is 19.9. The van der Waals surface area contributed by atoms with Gasteiger partial charge in [-0.15, -0.1) is 4.80 Å². The molecule has 3 aromatic heterocycles. The number of anilines is 1. The zero-order chi connectivity index (χ0) is 26.7. The lowest BCUT2D eigenvalue weighted by atomic mass is 10.0. The fourth-order valence-corrected chi connectivity index (χ4v) is 3.75. The second-order valence-corrected chi connectivity index (χ2v) is 8.08. The molecule has 190 valence electrons. The lowest BCUT2D eigenvalue weighted by Crippen LogP contribution is -2.27. The summed E-state index contributed by atoms with van der Waals surface area (Å²) in [5.74, 6) is 0.466. The van der Waals surface area contributed by atoms with Crippen molar-refractivity contribution in [3.05, 3.63) is 90.4 Å². The Morgan fingerprint density at radius 2 is 1.84 bits per heavy atom. The van der Waals surface area contributed by atoms with Crippen LogP contribution >= 0.6 is 0 Å². The third kappa shape index (κ3) is 5.33. The van der Waals surface area contributed by atoms with Crippen molar-refractivity contribution in [3.63, 3.8) is 0 Å². The van der Waals surface area contributed by atoms with Crippen LogP contribution in [0.25, 0.3) is 16.6 Å². The summed E-state index contributed by atoms with van der Waals surface area (Å²) in [5.41, 5.74) is 5.15. The smallest absolute Gasteiger partial charge is 0.404 e. The van der Waals surface area contributed by atoms with Crippen LogP contribution in [0.4, 0.5) is 24.5 Å². The van der Waals surface area contributed by atoms with Crippen molar-refractivity contribution in [2.45, 2.75) is 26.1 Å². The number of aryl methyl sites for hydroxylation is 1. The molecule has 0 spiro atoms. The summed E-state index contributed by atoms with van der Waals surface area (Å²) < 4.78 is 42.7. The highest BCUT2D eigenvalue weighted by Gasteiger charge is 2.39.